The fraction of sp³-hybridized carbons (Fsp3) is 0.182. The van der Waals surface area contributed by atoms with E-state index in [4.69, 9.17) is 5.73 Å². The molecule has 0 spiro atoms. The van der Waals surface area contributed by atoms with Gasteiger partial charge in [-0.05, 0) is 39.0 Å². The number of hydrogen-bond donors (Lipinski definition) is 2. The molecule has 2 aromatic heterocycles. The van der Waals surface area contributed by atoms with E-state index in [1.807, 2.05) is 11.4 Å². The first kappa shape index (κ1) is 12.2. The number of carbonyl (C=O) groups excluding carboxylic acids is 1. The summed E-state index contributed by atoms with van der Waals surface area (Å²) in [4.78, 5) is 16.5. The summed E-state index contributed by atoms with van der Waals surface area (Å²) >= 11 is 5.01. The van der Waals surface area contributed by atoms with Crippen molar-refractivity contribution in [3.63, 3.8) is 0 Å². The van der Waals surface area contributed by atoms with Gasteiger partial charge in [0, 0.05) is 25.5 Å². The van der Waals surface area contributed by atoms with Gasteiger partial charge in [0.1, 0.15) is 5.69 Å². The Bertz CT molecular complexity index is 534. The Morgan fingerprint density at radius 3 is 2.88 bits per heavy atom. The highest BCUT2D eigenvalue weighted by molar-refractivity contribution is 9.11. The van der Waals surface area contributed by atoms with E-state index in [1.54, 1.807) is 35.5 Å². The van der Waals surface area contributed by atoms with E-state index in [1.165, 1.54) is 0 Å². The van der Waals surface area contributed by atoms with Crippen LogP contribution in [0.15, 0.2) is 27.5 Å². The van der Waals surface area contributed by atoms with Crippen LogP contribution in [0.3, 0.4) is 0 Å². The van der Waals surface area contributed by atoms with Gasteiger partial charge in [-0.25, -0.2) is 0 Å². The summed E-state index contributed by atoms with van der Waals surface area (Å²) in [5, 5.41) is 2.02. The molecule has 0 atom stereocenters. The Kier molecular flexibility index (Phi) is 3.54. The second-order valence-corrected chi connectivity index (χ2v) is 6.06. The molecule has 4 nitrogen and oxygen atoms in total. The molecular weight excluding hydrogens is 302 g/mol. The zero-order chi connectivity index (χ0) is 12.4. The fourth-order valence-electron chi connectivity index (χ4n) is 1.51. The minimum Gasteiger partial charge on any atom is -0.397 e. The van der Waals surface area contributed by atoms with Crippen LogP contribution in [-0.2, 0) is 6.54 Å². The lowest BCUT2D eigenvalue weighted by Crippen LogP contribution is -2.26. The van der Waals surface area contributed by atoms with E-state index < -0.39 is 0 Å². The second-order valence-electron chi connectivity index (χ2n) is 3.77. The summed E-state index contributed by atoms with van der Waals surface area (Å²) in [5.41, 5.74) is 7.76. The predicted octanol–water partition coefficient (Wildman–Crippen LogP) is 2.69. The number of hydrogen-bond acceptors (Lipinski definition) is 3. The van der Waals surface area contributed by atoms with Crippen LogP contribution < -0.4 is 5.73 Å². The molecule has 2 heterocycles. The molecule has 3 N–H and O–H groups in total. The number of nitrogens with two attached hydrogens (primary N) is 1. The summed E-state index contributed by atoms with van der Waals surface area (Å²) in [5.74, 6) is -0.0657. The first-order valence-corrected chi connectivity index (χ1v) is 6.66. The first-order valence-electron chi connectivity index (χ1n) is 4.98. The molecule has 0 unspecified atom stereocenters. The summed E-state index contributed by atoms with van der Waals surface area (Å²) in [6.07, 6.45) is 1.61. The van der Waals surface area contributed by atoms with Crippen LogP contribution in [0.2, 0.25) is 0 Å². The Hall–Kier alpha value is -1.27. The van der Waals surface area contributed by atoms with E-state index in [0.717, 1.165) is 9.35 Å². The van der Waals surface area contributed by atoms with Crippen molar-refractivity contribution in [2.24, 2.45) is 0 Å². The highest BCUT2D eigenvalue weighted by Crippen LogP contribution is 2.21. The highest BCUT2D eigenvalue weighted by Gasteiger charge is 2.14. The maximum Gasteiger partial charge on any atom is 0.270 e. The number of aromatic amines is 1. The molecule has 6 heteroatoms. The second kappa shape index (κ2) is 4.93. The smallest absolute Gasteiger partial charge is 0.270 e. The molecule has 0 bridgehead atoms. The van der Waals surface area contributed by atoms with E-state index in [-0.39, 0.29) is 5.91 Å². The third-order valence-electron chi connectivity index (χ3n) is 2.32. The molecule has 0 aliphatic heterocycles. The minimum absolute atomic E-state index is 0.0657. The molecule has 0 aliphatic rings. The fourth-order valence-corrected chi connectivity index (χ4v) is 2.71. The van der Waals surface area contributed by atoms with Crippen LogP contribution in [0.25, 0.3) is 0 Å². The molecular formula is C11H12BrN3OS. The third kappa shape index (κ3) is 2.89. The van der Waals surface area contributed by atoms with Crippen molar-refractivity contribution in [2.45, 2.75) is 6.54 Å². The van der Waals surface area contributed by atoms with Crippen LogP contribution in [0.5, 0.6) is 0 Å². The largest absolute Gasteiger partial charge is 0.397 e. The molecule has 0 radical (unpaired) electrons. The van der Waals surface area contributed by atoms with Gasteiger partial charge in [0.2, 0.25) is 0 Å². The van der Waals surface area contributed by atoms with Crippen LogP contribution in [-0.4, -0.2) is 22.8 Å². The van der Waals surface area contributed by atoms with Crippen LogP contribution in [0, 0.1) is 0 Å². The van der Waals surface area contributed by atoms with Crippen molar-refractivity contribution in [2.75, 3.05) is 12.8 Å². The number of thiophene rings is 1. The third-order valence-corrected chi connectivity index (χ3v) is 3.88. The summed E-state index contributed by atoms with van der Waals surface area (Å²) in [6.45, 7) is 0.583. The summed E-state index contributed by atoms with van der Waals surface area (Å²) < 4.78 is 1.07. The van der Waals surface area contributed by atoms with Crippen molar-refractivity contribution in [1.82, 2.24) is 9.88 Å². The zero-order valence-electron chi connectivity index (χ0n) is 9.24. The average Bonchev–Trinajstić information content (AvgIpc) is 2.87. The number of H-pyrrole nitrogens is 1. The molecule has 0 aliphatic carbocycles. The zero-order valence-corrected chi connectivity index (χ0v) is 11.6. The number of nitrogens with one attached hydrogen (secondary N) is 1. The van der Waals surface area contributed by atoms with Gasteiger partial charge in [0.05, 0.1) is 3.79 Å². The number of nitrogen functional groups attached to an aromatic ring is 1. The summed E-state index contributed by atoms with van der Waals surface area (Å²) in [7, 11) is 1.77. The van der Waals surface area contributed by atoms with Gasteiger partial charge < -0.3 is 15.6 Å². The lowest BCUT2D eigenvalue weighted by Gasteiger charge is -2.15. The van der Waals surface area contributed by atoms with Gasteiger partial charge in [-0.3, -0.25) is 4.79 Å². The van der Waals surface area contributed by atoms with Gasteiger partial charge in [0.25, 0.3) is 5.91 Å². The van der Waals surface area contributed by atoms with Crippen LogP contribution in [0.4, 0.5) is 5.69 Å². The van der Waals surface area contributed by atoms with Gasteiger partial charge in [-0.15, -0.1) is 11.3 Å². The van der Waals surface area contributed by atoms with Crippen molar-refractivity contribution in [3.8, 4) is 0 Å². The van der Waals surface area contributed by atoms with Crippen molar-refractivity contribution >= 4 is 38.9 Å². The average molecular weight is 314 g/mol. The minimum atomic E-state index is -0.0657. The lowest BCUT2D eigenvalue weighted by molar-refractivity contribution is 0.0780. The molecule has 0 aromatic carbocycles. The monoisotopic (exact) mass is 313 g/mol. The number of halogens is 1. The molecule has 17 heavy (non-hydrogen) atoms. The Morgan fingerprint density at radius 1 is 1.59 bits per heavy atom. The summed E-state index contributed by atoms with van der Waals surface area (Å²) in [6, 6.07) is 3.65. The number of rotatable bonds is 3. The number of aromatic nitrogens is 1. The van der Waals surface area contributed by atoms with Gasteiger partial charge >= 0.3 is 0 Å². The van der Waals surface area contributed by atoms with E-state index in [2.05, 4.69) is 20.9 Å². The van der Waals surface area contributed by atoms with Gasteiger partial charge in [-0.1, -0.05) is 0 Å². The Balaban J connectivity index is 2.05. The molecule has 0 saturated heterocycles. The maximum atomic E-state index is 12.0. The molecule has 0 saturated carbocycles. The van der Waals surface area contributed by atoms with Gasteiger partial charge in [0.15, 0.2) is 0 Å². The first-order chi connectivity index (χ1) is 8.06. The molecule has 1 amide bonds. The molecule has 2 aromatic rings. The molecule has 0 fully saturated rings. The number of nitrogens with zero attached hydrogens (tertiary/aromatic N) is 1. The van der Waals surface area contributed by atoms with Crippen LogP contribution in [0.1, 0.15) is 16.1 Å². The maximum absolute atomic E-state index is 12.0. The molecule has 2 rings (SSSR count). The normalized spacial score (nSPS) is 10.5. The Morgan fingerprint density at radius 2 is 2.35 bits per heavy atom. The number of amides is 1. The van der Waals surface area contributed by atoms with Gasteiger partial charge in [-0.2, -0.15) is 0 Å². The van der Waals surface area contributed by atoms with E-state index in [0.29, 0.717) is 17.9 Å². The van der Waals surface area contributed by atoms with Crippen molar-refractivity contribution in [1.29, 1.82) is 0 Å². The van der Waals surface area contributed by atoms with Crippen molar-refractivity contribution < 1.29 is 4.79 Å². The topological polar surface area (TPSA) is 62.1 Å². The standard InChI is InChI=1S/C11H12BrN3OS/c1-15(5-7-2-10(12)17-6-7)11(16)9-3-8(13)4-14-9/h2-4,6,14H,5,13H2,1H3. The number of anilines is 1. The predicted molar refractivity (Wildman–Crippen MR) is 73.0 cm³/mol. The van der Waals surface area contributed by atoms with E-state index >= 15 is 0 Å². The lowest BCUT2D eigenvalue weighted by atomic mass is 10.3. The molecule has 90 valence electrons. The van der Waals surface area contributed by atoms with E-state index in [9.17, 15) is 4.79 Å². The highest BCUT2D eigenvalue weighted by atomic mass is 79.9. The Labute approximate surface area is 112 Å². The van der Waals surface area contributed by atoms with Crippen LogP contribution >= 0.6 is 27.3 Å². The SMILES string of the molecule is CN(Cc1csc(Br)c1)C(=O)c1cc(N)c[nH]1. The van der Waals surface area contributed by atoms with Crippen molar-refractivity contribution in [3.05, 3.63) is 38.8 Å². The number of carbonyl (C=O) groups is 1. The quantitative estimate of drug-likeness (QED) is 0.915.